The van der Waals surface area contributed by atoms with Gasteiger partial charge >= 0.3 is 5.97 Å². The Morgan fingerprint density at radius 2 is 1.62 bits per heavy atom. The zero-order valence-electron chi connectivity index (χ0n) is 16.4. The Morgan fingerprint density at radius 1 is 1.00 bits per heavy atom. The number of nitrogens with one attached hydrogen (secondary N) is 2. The van der Waals surface area contributed by atoms with Gasteiger partial charge in [0.2, 0.25) is 17.7 Å². The number of guanidine groups is 1. The van der Waals surface area contributed by atoms with Crippen molar-refractivity contribution in [2.24, 2.45) is 27.9 Å². The van der Waals surface area contributed by atoms with E-state index in [9.17, 15) is 24.3 Å². The molecule has 0 bridgehead atoms. The first kappa shape index (κ1) is 26.5. The highest BCUT2D eigenvalue weighted by atomic mass is 32.2. The molecule has 3 atom stereocenters. The number of thioether (sulfide) groups is 1. The van der Waals surface area contributed by atoms with E-state index < -0.39 is 41.8 Å². The summed E-state index contributed by atoms with van der Waals surface area (Å²) in [4.78, 5) is 51.0. The second kappa shape index (κ2) is 14.5. The van der Waals surface area contributed by atoms with Crippen molar-refractivity contribution in [1.82, 2.24) is 10.6 Å². The monoisotopic (exact) mass is 433 g/mol. The number of aliphatic imine (C=N–C) groups is 1. The fraction of sp³-hybridized carbons (Fsp3) is 0.688. The molecule has 0 spiro atoms. The topological polar surface area (TPSA) is 229 Å². The molecule has 0 rings (SSSR count). The molecule has 0 aromatic carbocycles. The van der Waals surface area contributed by atoms with Gasteiger partial charge in [0.1, 0.15) is 12.1 Å². The number of rotatable bonds is 15. The summed E-state index contributed by atoms with van der Waals surface area (Å²) in [6.07, 6.45) is 2.41. The molecule has 0 heterocycles. The summed E-state index contributed by atoms with van der Waals surface area (Å²) in [5.74, 6) is -2.68. The molecular formula is C16H31N7O5S. The number of carbonyl (C=O) groups is 4. The maximum Gasteiger partial charge on any atom is 0.326 e. The molecule has 0 aromatic heterocycles. The maximum absolute atomic E-state index is 12.5. The Bertz CT molecular complexity index is 598. The van der Waals surface area contributed by atoms with E-state index in [0.29, 0.717) is 18.6 Å². The Labute approximate surface area is 173 Å². The molecule has 0 aliphatic rings. The fourth-order valence-electron chi connectivity index (χ4n) is 2.24. The zero-order chi connectivity index (χ0) is 22.4. The van der Waals surface area contributed by atoms with E-state index in [4.69, 9.17) is 22.9 Å². The quantitative estimate of drug-likeness (QED) is 0.0816. The zero-order valence-corrected chi connectivity index (χ0v) is 17.2. The van der Waals surface area contributed by atoms with E-state index in [-0.39, 0.29) is 31.8 Å². The van der Waals surface area contributed by atoms with Gasteiger partial charge in [0.25, 0.3) is 0 Å². The van der Waals surface area contributed by atoms with Crippen LogP contribution in [0.4, 0.5) is 0 Å². The Morgan fingerprint density at radius 3 is 2.14 bits per heavy atom. The molecule has 0 saturated carbocycles. The van der Waals surface area contributed by atoms with Crippen molar-refractivity contribution in [1.29, 1.82) is 0 Å². The lowest BCUT2D eigenvalue weighted by Crippen LogP contribution is -2.54. The molecule has 11 N–H and O–H groups in total. The van der Waals surface area contributed by atoms with Gasteiger partial charge < -0.3 is 38.7 Å². The third kappa shape index (κ3) is 12.5. The van der Waals surface area contributed by atoms with Crippen molar-refractivity contribution >= 4 is 41.4 Å². The molecule has 0 unspecified atom stereocenters. The highest BCUT2D eigenvalue weighted by Crippen LogP contribution is 2.05. The number of carboxylic acid groups (broad SMARTS) is 1. The van der Waals surface area contributed by atoms with Crippen LogP contribution in [0, 0.1) is 0 Å². The molecule has 12 nitrogen and oxygen atoms in total. The number of amides is 3. The van der Waals surface area contributed by atoms with E-state index in [2.05, 4.69) is 15.6 Å². The van der Waals surface area contributed by atoms with Crippen molar-refractivity contribution in [2.75, 3.05) is 18.6 Å². The third-order valence-corrected chi connectivity index (χ3v) is 4.49. The molecular weight excluding hydrogens is 402 g/mol. The fourth-order valence-corrected chi connectivity index (χ4v) is 2.73. The number of aliphatic carboxylic acids is 1. The van der Waals surface area contributed by atoms with Crippen molar-refractivity contribution in [3.8, 4) is 0 Å². The van der Waals surface area contributed by atoms with Crippen LogP contribution < -0.4 is 33.6 Å². The largest absolute Gasteiger partial charge is 0.480 e. The molecule has 29 heavy (non-hydrogen) atoms. The van der Waals surface area contributed by atoms with Crippen LogP contribution in [0.1, 0.15) is 32.1 Å². The lowest BCUT2D eigenvalue weighted by Gasteiger charge is -2.22. The average Bonchev–Trinajstić information content (AvgIpc) is 2.64. The van der Waals surface area contributed by atoms with E-state index in [0.717, 1.165) is 0 Å². The first-order chi connectivity index (χ1) is 13.6. The third-order valence-electron chi connectivity index (χ3n) is 3.84. The Hall–Kier alpha value is -2.54. The molecule has 0 aliphatic carbocycles. The molecule has 0 aliphatic heterocycles. The molecule has 0 aromatic rings. The van der Waals surface area contributed by atoms with Crippen LogP contribution in [0.25, 0.3) is 0 Å². The summed E-state index contributed by atoms with van der Waals surface area (Å²) in [6.45, 7) is 0.202. The van der Waals surface area contributed by atoms with Crippen molar-refractivity contribution in [2.45, 2.75) is 50.2 Å². The summed E-state index contributed by atoms with van der Waals surface area (Å²) in [6, 6.07) is -3.19. The smallest absolute Gasteiger partial charge is 0.326 e. The Kier molecular flexibility index (Phi) is 13.2. The van der Waals surface area contributed by atoms with Crippen molar-refractivity contribution < 1.29 is 24.3 Å². The van der Waals surface area contributed by atoms with Gasteiger partial charge in [-0.1, -0.05) is 0 Å². The normalized spacial score (nSPS) is 13.6. The highest BCUT2D eigenvalue weighted by molar-refractivity contribution is 7.98. The van der Waals surface area contributed by atoms with Crippen molar-refractivity contribution in [3.63, 3.8) is 0 Å². The van der Waals surface area contributed by atoms with Gasteiger partial charge in [-0.2, -0.15) is 11.8 Å². The summed E-state index contributed by atoms with van der Waals surface area (Å²) >= 11 is 1.52. The van der Waals surface area contributed by atoms with Gasteiger partial charge in [0.05, 0.1) is 6.04 Å². The van der Waals surface area contributed by atoms with E-state index in [1.165, 1.54) is 11.8 Å². The Balaban J connectivity index is 5.00. The van der Waals surface area contributed by atoms with Gasteiger partial charge in [-0.15, -0.1) is 0 Å². The van der Waals surface area contributed by atoms with Crippen LogP contribution in [0.5, 0.6) is 0 Å². The van der Waals surface area contributed by atoms with E-state index >= 15 is 0 Å². The minimum absolute atomic E-state index is 0.0710. The SMILES string of the molecule is CSCC[C@H](N)C(=O)N[C@@H](CCC(N)=O)C(=O)N[C@@H](CCCN=C(N)N)C(=O)O. The van der Waals surface area contributed by atoms with Gasteiger partial charge in [0.15, 0.2) is 5.96 Å². The summed E-state index contributed by atoms with van der Waals surface area (Å²) < 4.78 is 0. The summed E-state index contributed by atoms with van der Waals surface area (Å²) in [5, 5.41) is 14.1. The predicted molar refractivity (Wildman–Crippen MR) is 111 cm³/mol. The molecule has 0 radical (unpaired) electrons. The number of nitrogens with two attached hydrogens (primary N) is 4. The number of hydrogen-bond donors (Lipinski definition) is 7. The van der Waals surface area contributed by atoms with Gasteiger partial charge in [0, 0.05) is 13.0 Å². The highest BCUT2D eigenvalue weighted by Gasteiger charge is 2.28. The number of hydrogen-bond acceptors (Lipinski definition) is 7. The van der Waals surface area contributed by atoms with Crippen molar-refractivity contribution in [3.05, 3.63) is 0 Å². The van der Waals surface area contributed by atoms with Gasteiger partial charge in [-0.05, 0) is 37.7 Å². The van der Waals surface area contributed by atoms with E-state index in [1.54, 1.807) is 0 Å². The van der Waals surface area contributed by atoms with Crippen LogP contribution >= 0.6 is 11.8 Å². The van der Waals surface area contributed by atoms with Crippen LogP contribution in [0.2, 0.25) is 0 Å². The van der Waals surface area contributed by atoms with Gasteiger partial charge in [-0.3, -0.25) is 19.4 Å². The molecule has 13 heteroatoms. The standard InChI is InChI=1S/C16H31N7O5S/c1-29-8-6-9(17)13(25)22-10(4-5-12(18)24)14(26)23-11(15(27)28)3-2-7-21-16(19)20/h9-11H,2-8,17H2,1H3,(H2,18,24)(H,22,25)(H,23,26)(H,27,28)(H4,19,20,21)/t9-,10-,11-/m0/s1. The first-order valence-electron chi connectivity index (χ1n) is 9.00. The number of carboxylic acids is 1. The minimum atomic E-state index is -1.25. The van der Waals surface area contributed by atoms with Crippen LogP contribution in [-0.2, 0) is 19.2 Å². The number of carbonyl (C=O) groups excluding carboxylic acids is 3. The maximum atomic E-state index is 12.5. The molecule has 0 fully saturated rings. The number of primary amides is 1. The lowest BCUT2D eigenvalue weighted by molar-refractivity contribution is -0.142. The number of nitrogens with zero attached hydrogens (tertiary/aromatic N) is 1. The van der Waals surface area contributed by atoms with Crippen LogP contribution in [0.3, 0.4) is 0 Å². The lowest BCUT2D eigenvalue weighted by atomic mass is 10.1. The first-order valence-corrected chi connectivity index (χ1v) is 10.4. The predicted octanol–water partition coefficient (Wildman–Crippen LogP) is -2.56. The molecule has 0 saturated heterocycles. The minimum Gasteiger partial charge on any atom is -0.480 e. The molecule has 166 valence electrons. The summed E-state index contributed by atoms with van der Waals surface area (Å²) in [7, 11) is 0. The second-order valence-electron chi connectivity index (χ2n) is 6.30. The summed E-state index contributed by atoms with van der Waals surface area (Å²) in [5.41, 5.74) is 21.3. The molecule has 3 amide bonds. The average molecular weight is 434 g/mol. The van der Waals surface area contributed by atoms with Gasteiger partial charge in [-0.25, -0.2) is 4.79 Å². The second-order valence-corrected chi connectivity index (χ2v) is 7.29. The van der Waals surface area contributed by atoms with E-state index in [1.807, 2.05) is 6.26 Å². The van der Waals surface area contributed by atoms with Crippen LogP contribution in [0.15, 0.2) is 4.99 Å². The van der Waals surface area contributed by atoms with Crippen LogP contribution in [-0.4, -0.2) is 71.4 Å².